The first-order valence-electron chi connectivity index (χ1n) is 11.6. The van der Waals surface area contributed by atoms with E-state index < -0.39 is 21.4 Å². The molecular weight excluding hydrogens is 502 g/mol. The maximum atomic E-state index is 12.9. The number of hydrogen-bond acceptors (Lipinski definition) is 9. The summed E-state index contributed by atoms with van der Waals surface area (Å²) >= 11 is 6.37. The number of fused-ring (bicyclic) bond motifs is 1. The molecule has 0 fully saturated rings. The molecule has 2 aromatic carbocycles. The summed E-state index contributed by atoms with van der Waals surface area (Å²) in [4.78, 5) is 9.00. The lowest BCUT2D eigenvalue weighted by Crippen LogP contribution is -2.24. The van der Waals surface area contributed by atoms with Crippen molar-refractivity contribution in [2.24, 2.45) is 0 Å². The zero-order chi connectivity index (χ0) is 25.9. The Bertz CT molecular complexity index is 1350. The molecule has 0 aliphatic carbocycles. The van der Waals surface area contributed by atoms with Gasteiger partial charge in [0.05, 0.1) is 22.0 Å². The number of nitrogens with zero attached hydrogens (tertiary/aromatic N) is 2. The first kappa shape index (κ1) is 26.3. The van der Waals surface area contributed by atoms with Crippen molar-refractivity contribution in [3.8, 4) is 0 Å². The van der Waals surface area contributed by atoms with Gasteiger partial charge in [-0.15, -0.1) is 0 Å². The van der Waals surface area contributed by atoms with Crippen molar-refractivity contribution in [2.75, 3.05) is 24.3 Å². The number of halogens is 1. The van der Waals surface area contributed by atoms with Crippen LogP contribution in [0.2, 0.25) is 5.02 Å². The molecule has 1 aliphatic heterocycles. The van der Waals surface area contributed by atoms with Crippen LogP contribution in [0.15, 0.2) is 47.5 Å². The van der Waals surface area contributed by atoms with Crippen molar-refractivity contribution in [1.82, 2.24) is 15.3 Å². The Morgan fingerprint density at radius 3 is 2.69 bits per heavy atom. The van der Waals surface area contributed by atoms with Crippen molar-refractivity contribution >= 4 is 44.6 Å². The van der Waals surface area contributed by atoms with E-state index in [1.807, 2.05) is 12.1 Å². The van der Waals surface area contributed by atoms with Crippen molar-refractivity contribution in [3.63, 3.8) is 0 Å². The van der Waals surface area contributed by atoms with Gasteiger partial charge in [-0.25, -0.2) is 13.4 Å². The van der Waals surface area contributed by atoms with Gasteiger partial charge in [-0.2, -0.15) is 4.98 Å². The third-order valence-corrected chi connectivity index (χ3v) is 8.52. The lowest BCUT2D eigenvalue weighted by Gasteiger charge is -2.22. The molecule has 1 atom stereocenters. The van der Waals surface area contributed by atoms with E-state index in [2.05, 4.69) is 25.9 Å². The minimum Gasteiger partial charge on any atom is -0.368 e. The first-order chi connectivity index (χ1) is 17.2. The van der Waals surface area contributed by atoms with E-state index in [9.17, 15) is 13.5 Å². The topological polar surface area (TPSA) is 125 Å². The number of aliphatic hydroxyl groups is 1. The molecule has 2 heterocycles. The van der Waals surface area contributed by atoms with Crippen molar-refractivity contribution in [2.45, 2.75) is 49.7 Å². The summed E-state index contributed by atoms with van der Waals surface area (Å²) in [5, 5.41) is 19.4. The molecule has 1 aliphatic rings. The summed E-state index contributed by atoms with van der Waals surface area (Å²) in [6.45, 7) is 4.92. The fraction of sp³-hybridized carbons (Fsp3) is 0.360. The molecule has 3 aromatic rings. The summed E-state index contributed by atoms with van der Waals surface area (Å²) < 4.78 is 30.8. The van der Waals surface area contributed by atoms with Crippen LogP contribution < -0.4 is 16.0 Å². The van der Waals surface area contributed by atoms with Crippen LogP contribution in [0.25, 0.3) is 0 Å². The smallest absolute Gasteiger partial charge is 0.229 e. The van der Waals surface area contributed by atoms with Gasteiger partial charge < -0.3 is 25.8 Å². The number of benzene rings is 2. The maximum absolute atomic E-state index is 12.9. The molecule has 0 amide bonds. The van der Waals surface area contributed by atoms with Crippen LogP contribution in [0.5, 0.6) is 0 Å². The van der Waals surface area contributed by atoms with Crippen LogP contribution in [0.4, 0.5) is 23.1 Å². The normalized spacial score (nSPS) is 14.4. The molecule has 36 heavy (non-hydrogen) atoms. The predicted molar refractivity (Wildman–Crippen MR) is 141 cm³/mol. The van der Waals surface area contributed by atoms with Gasteiger partial charge in [-0.1, -0.05) is 29.8 Å². The average Bonchev–Trinajstić information content (AvgIpc) is 2.86. The molecule has 4 N–H and O–H groups in total. The highest BCUT2D eigenvalue weighted by Gasteiger charge is 2.23. The molecule has 9 nitrogen and oxygen atoms in total. The molecule has 0 spiro atoms. The van der Waals surface area contributed by atoms with Gasteiger partial charge in [-0.05, 0) is 61.7 Å². The van der Waals surface area contributed by atoms with Crippen LogP contribution in [0.1, 0.15) is 30.5 Å². The third kappa shape index (κ3) is 5.79. The van der Waals surface area contributed by atoms with Gasteiger partial charge >= 0.3 is 0 Å². The molecule has 0 bridgehead atoms. The van der Waals surface area contributed by atoms with E-state index in [4.69, 9.17) is 16.3 Å². The SMILES string of the molecule is COC(O)Cc1cc2c(cc1Nc1ncc(Cl)c(Nc3ccccc3S(=O)(=O)C(C)C)n1)CCNC2. The van der Waals surface area contributed by atoms with Crippen molar-refractivity contribution < 1.29 is 18.3 Å². The molecule has 1 unspecified atom stereocenters. The van der Waals surface area contributed by atoms with E-state index in [1.54, 1.807) is 38.1 Å². The van der Waals surface area contributed by atoms with Crippen LogP contribution in [0, 0.1) is 0 Å². The molecule has 1 aromatic heterocycles. The summed E-state index contributed by atoms with van der Waals surface area (Å²) in [6.07, 6.45) is 1.66. The molecule has 11 heteroatoms. The van der Waals surface area contributed by atoms with Crippen LogP contribution in [-0.2, 0) is 34.0 Å². The largest absolute Gasteiger partial charge is 0.368 e. The minimum atomic E-state index is -3.53. The number of ether oxygens (including phenoxy) is 1. The zero-order valence-corrected chi connectivity index (χ0v) is 21.9. The van der Waals surface area contributed by atoms with Gasteiger partial charge in [0.25, 0.3) is 0 Å². The number of anilines is 4. The summed E-state index contributed by atoms with van der Waals surface area (Å²) in [7, 11) is -2.08. The Hall–Kier alpha value is -2.76. The second-order valence-corrected chi connectivity index (χ2v) is 11.7. The Morgan fingerprint density at radius 2 is 1.94 bits per heavy atom. The van der Waals surface area contributed by atoms with E-state index >= 15 is 0 Å². The van der Waals surface area contributed by atoms with Crippen molar-refractivity contribution in [3.05, 3.63) is 64.3 Å². The van der Waals surface area contributed by atoms with Crippen LogP contribution in [0.3, 0.4) is 0 Å². The number of sulfone groups is 1. The Balaban J connectivity index is 1.67. The summed E-state index contributed by atoms with van der Waals surface area (Å²) in [5.74, 6) is 0.536. The number of rotatable bonds is 9. The molecule has 0 saturated carbocycles. The molecule has 0 saturated heterocycles. The minimum absolute atomic E-state index is 0.170. The standard InChI is InChI=1S/C25H30ClN5O4S/c1-15(2)36(33,34)22-7-5-4-6-20(22)29-24-19(26)14-28-25(31-24)30-21-11-16-8-9-27-13-18(16)10-17(21)12-23(32)35-3/h4-7,10-11,14-15,23,27,32H,8-9,12-13H2,1-3H3,(H2,28,29,30,31). The second-order valence-electron chi connectivity index (χ2n) is 8.83. The third-order valence-electron chi connectivity index (χ3n) is 6.04. The Morgan fingerprint density at radius 1 is 1.17 bits per heavy atom. The molecule has 4 rings (SSSR count). The highest BCUT2D eigenvalue weighted by Crippen LogP contribution is 2.32. The number of nitrogens with one attached hydrogen (secondary N) is 3. The van der Waals surface area contributed by atoms with Gasteiger partial charge in [0.2, 0.25) is 5.95 Å². The van der Waals surface area contributed by atoms with Crippen LogP contribution in [-0.4, -0.2) is 48.7 Å². The van der Waals surface area contributed by atoms with E-state index in [0.717, 1.165) is 30.8 Å². The maximum Gasteiger partial charge on any atom is 0.229 e. The number of methoxy groups -OCH3 is 1. The van der Waals surface area contributed by atoms with Crippen LogP contribution >= 0.6 is 11.6 Å². The monoisotopic (exact) mass is 531 g/mol. The predicted octanol–water partition coefficient (Wildman–Crippen LogP) is 3.95. The number of aliphatic hydroxyl groups excluding tert-OH is 1. The molecule has 0 radical (unpaired) electrons. The zero-order valence-electron chi connectivity index (χ0n) is 20.4. The van der Waals surface area contributed by atoms with Gasteiger partial charge in [-0.3, -0.25) is 0 Å². The number of aromatic nitrogens is 2. The fourth-order valence-corrected chi connectivity index (χ4v) is 5.32. The van der Waals surface area contributed by atoms with Crippen molar-refractivity contribution in [1.29, 1.82) is 0 Å². The van der Waals surface area contributed by atoms with Gasteiger partial charge in [0.1, 0.15) is 5.02 Å². The molecular formula is C25H30ClN5O4S. The fourth-order valence-electron chi connectivity index (χ4n) is 3.98. The lowest BCUT2D eigenvalue weighted by molar-refractivity contribution is -0.0719. The summed E-state index contributed by atoms with van der Waals surface area (Å²) in [5.41, 5.74) is 4.36. The quantitative estimate of drug-likeness (QED) is 0.303. The van der Waals surface area contributed by atoms with E-state index in [1.165, 1.54) is 24.4 Å². The van der Waals surface area contributed by atoms with E-state index in [0.29, 0.717) is 5.69 Å². The Kier molecular flexibility index (Phi) is 8.11. The highest BCUT2D eigenvalue weighted by atomic mass is 35.5. The first-order valence-corrected chi connectivity index (χ1v) is 13.6. The average molecular weight is 532 g/mol. The highest BCUT2D eigenvalue weighted by molar-refractivity contribution is 7.92. The van der Waals surface area contributed by atoms with E-state index in [-0.39, 0.29) is 28.1 Å². The summed E-state index contributed by atoms with van der Waals surface area (Å²) in [6, 6.07) is 10.7. The second kappa shape index (κ2) is 11.1. The molecule has 192 valence electrons. The van der Waals surface area contributed by atoms with Gasteiger partial charge in [0.15, 0.2) is 21.9 Å². The number of para-hydroxylation sites is 1. The Labute approximate surface area is 216 Å². The lowest BCUT2D eigenvalue weighted by atomic mass is 9.95. The van der Waals surface area contributed by atoms with Gasteiger partial charge in [0, 0.05) is 25.8 Å². The number of hydrogen-bond donors (Lipinski definition) is 4.